The number of likely N-dealkylation sites (tertiary alicyclic amines) is 1. The number of amides is 2. The van der Waals surface area contributed by atoms with Crippen LogP contribution in [0.25, 0.3) is 10.4 Å². The molecule has 2 aromatic rings. The van der Waals surface area contributed by atoms with Gasteiger partial charge < -0.3 is 20.7 Å². The second-order valence-corrected chi connectivity index (χ2v) is 8.84. The number of rotatable bonds is 3. The molecule has 1 fully saturated rings. The first-order chi connectivity index (χ1) is 13.1. The molecule has 1 atom stereocenters. The molecule has 0 radical (unpaired) electrons. The smallest absolute Gasteiger partial charge is 0.410 e. The fraction of sp³-hybridized carbons (Fsp3) is 0.400. The van der Waals surface area contributed by atoms with Crippen molar-refractivity contribution in [2.75, 3.05) is 18.8 Å². The Bertz CT molecular complexity index is 891. The number of halogens is 1. The molecule has 1 aliphatic heterocycles. The van der Waals surface area contributed by atoms with Crippen LogP contribution in [0.15, 0.2) is 30.3 Å². The summed E-state index contributed by atoms with van der Waals surface area (Å²) in [5, 5.41) is 2.93. The Kier molecular flexibility index (Phi) is 5.60. The van der Waals surface area contributed by atoms with Gasteiger partial charge >= 0.3 is 6.09 Å². The monoisotopic (exact) mass is 405 g/mol. The summed E-state index contributed by atoms with van der Waals surface area (Å²) in [5.74, 6) is -0.634. The van der Waals surface area contributed by atoms with Crippen LogP contribution in [0.3, 0.4) is 0 Å². The first-order valence-corrected chi connectivity index (χ1v) is 9.88. The van der Waals surface area contributed by atoms with Crippen LogP contribution in [0, 0.1) is 5.82 Å². The van der Waals surface area contributed by atoms with Gasteiger partial charge in [0.05, 0.1) is 5.69 Å². The van der Waals surface area contributed by atoms with Crippen molar-refractivity contribution >= 4 is 29.0 Å². The maximum absolute atomic E-state index is 13.4. The molecule has 1 aromatic carbocycles. The van der Waals surface area contributed by atoms with Gasteiger partial charge in [-0.15, -0.1) is 11.3 Å². The van der Waals surface area contributed by atoms with Crippen LogP contribution in [0.5, 0.6) is 0 Å². The summed E-state index contributed by atoms with van der Waals surface area (Å²) in [4.78, 5) is 27.5. The minimum atomic E-state index is -0.558. The summed E-state index contributed by atoms with van der Waals surface area (Å²) in [5.41, 5.74) is 6.47. The fourth-order valence-electron chi connectivity index (χ4n) is 2.99. The Hall–Kier alpha value is -2.61. The van der Waals surface area contributed by atoms with E-state index in [4.69, 9.17) is 10.5 Å². The molecule has 28 heavy (non-hydrogen) atoms. The molecule has 2 heterocycles. The number of ether oxygens (including phenoxy) is 1. The Morgan fingerprint density at radius 3 is 2.75 bits per heavy atom. The highest BCUT2D eigenvalue weighted by Crippen LogP contribution is 2.33. The predicted octanol–water partition coefficient (Wildman–Crippen LogP) is 3.88. The van der Waals surface area contributed by atoms with E-state index in [0.29, 0.717) is 35.6 Å². The largest absolute Gasteiger partial charge is 0.444 e. The van der Waals surface area contributed by atoms with E-state index < -0.39 is 5.60 Å². The molecule has 3 rings (SSSR count). The maximum atomic E-state index is 13.4. The third-order valence-corrected chi connectivity index (χ3v) is 5.45. The summed E-state index contributed by atoms with van der Waals surface area (Å²) >= 11 is 1.22. The van der Waals surface area contributed by atoms with Gasteiger partial charge in [-0.05, 0) is 51.0 Å². The van der Waals surface area contributed by atoms with E-state index in [1.165, 1.54) is 23.5 Å². The molecule has 0 saturated carbocycles. The summed E-state index contributed by atoms with van der Waals surface area (Å²) in [6.07, 6.45) is 0.265. The molecule has 1 aromatic heterocycles. The molecule has 1 aliphatic rings. The van der Waals surface area contributed by atoms with Gasteiger partial charge in [0.25, 0.3) is 5.91 Å². The zero-order valence-corrected chi connectivity index (χ0v) is 16.9. The highest BCUT2D eigenvalue weighted by molar-refractivity contribution is 7.18. The third-order valence-electron chi connectivity index (χ3n) is 4.25. The van der Waals surface area contributed by atoms with E-state index >= 15 is 0 Å². The molecule has 3 N–H and O–H groups in total. The lowest BCUT2D eigenvalue weighted by atomic mass is 10.2. The zero-order valence-electron chi connectivity index (χ0n) is 16.1. The van der Waals surface area contributed by atoms with Gasteiger partial charge in [0.2, 0.25) is 0 Å². The Balaban J connectivity index is 1.64. The van der Waals surface area contributed by atoms with Crippen molar-refractivity contribution in [2.45, 2.75) is 38.8 Å². The average molecular weight is 405 g/mol. The molecule has 1 saturated heterocycles. The first-order valence-electron chi connectivity index (χ1n) is 9.06. The Morgan fingerprint density at radius 1 is 1.32 bits per heavy atom. The zero-order chi connectivity index (χ0) is 20.5. The number of nitrogen functional groups attached to an aromatic ring is 1. The summed E-state index contributed by atoms with van der Waals surface area (Å²) in [6.45, 7) is 6.36. The number of benzene rings is 1. The molecular weight excluding hydrogens is 381 g/mol. The lowest BCUT2D eigenvalue weighted by Gasteiger charge is -2.24. The maximum Gasteiger partial charge on any atom is 0.410 e. The summed E-state index contributed by atoms with van der Waals surface area (Å²) < 4.78 is 18.8. The van der Waals surface area contributed by atoms with Crippen LogP contribution in [0.1, 0.15) is 36.9 Å². The summed E-state index contributed by atoms with van der Waals surface area (Å²) in [6, 6.07) is 7.66. The van der Waals surface area contributed by atoms with Gasteiger partial charge in [0, 0.05) is 24.0 Å². The minimum absolute atomic E-state index is 0.167. The average Bonchev–Trinajstić information content (AvgIpc) is 3.20. The molecular formula is C20H24FN3O3S. The number of anilines is 1. The van der Waals surface area contributed by atoms with Crippen LogP contribution >= 0.6 is 11.3 Å². The molecule has 0 spiro atoms. The van der Waals surface area contributed by atoms with E-state index in [2.05, 4.69) is 5.32 Å². The second-order valence-electron chi connectivity index (χ2n) is 7.79. The molecule has 6 nitrogen and oxygen atoms in total. The number of nitrogens with zero attached hydrogens (tertiary/aromatic N) is 1. The van der Waals surface area contributed by atoms with Crippen LogP contribution in [-0.2, 0) is 4.74 Å². The number of nitrogens with two attached hydrogens (primary N) is 1. The molecule has 8 heteroatoms. The topological polar surface area (TPSA) is 84.7 Å². The van der Waals surface area contributed by atoms with E-state index in [1.807, 2.05) is 20.8 Å². The van der Waals surface area contributed by atoms with Crippen molar-refractivity contribution in [2.24, 2.45) is 0 Å². The van der Waals surface area contributed by atoms with E-state index in [0.717, 1.165) is 4.88 Å². The highest BCUT2D eigenvalue weighted by Gasteiger charge is 2.31. The van der Waals surface area contributed by atoms with Crippen molar-refractivity contribution in [1.82, 2.24) is 10.2 Å². The van der Waals surface area contributed by atoms with Crippen LogP contribution in [0.2, 0.25) is 0 Å². The van der Waals surface area contributed by atoms with Crippen molar-refractivity contribution in [3.63, 3.8) is 0 Å². The van der Waals surface area contributed by atoms with Crippen molar-refractivity contribution < 1.29 is 18.7 Å². The number of carbonyl (C=O) groups is 2. The quantitative estimate of drug-likeness (QED) is 0.812. The van der Waals surface area contributed by atoms with E-state index in [1.54, 1.807) is 23.1 Å². The van der Waals surface area contributed by atoms with Crippen molar-refractivity contribution in [1.29, 1.82) is 0 Å². The Labute approximate surface area is 167 Å². The van der Waals surface area contributed by atoms with Gasteiger partial charge in [0.1, 0.15) is 16.3 Å². The first kappa shape index (κ1) is 20.1. The molecule has 2 amide bonds. The molecule has 0 unspecified atom stereocenters. The number of nitrogens with one attached hydrogen (secondary N) is 1. The molecule has 0 aliphatic carbocycles. The number of thiophene rings is 1. The number of hydrogen-bond acceptors (Lipinski definition) is 5. The standard InChI is InChI=1S/C20H24FN3O3S/c1-20(2,3)27-19(26)24-8-7-14(11-24)23-18(25)17-15(22)10-16(28-17)12-5-4-6-13(21)9-12/h4-6,9-10,14H,7-8,11,22H2,1-3H3,(H,23,25)/t14-/m0/s1. The van der Waals surface area contributed by atoms with Crippen LogP contribution in [-0.4, -0.2) is 41.6 Å². The lowest BCUT2D eigenvalue weighted by Crippen LogP contribution is -2.40. The van der Waals surface area contributed by atoms with Gasteiger partial charge in [-0.1, -0.05) is 12.1 Å². The molecule has 0 bridgehead atoms. The van der Waals surface area contributed by atoms with Gasteiger partial charge in [-0.2, -0.15) is 0 Å². The third kappa shape index (κ3) is 4.81. The molecule has 150 valence electrons. The lowest BCUT2D eigenvalue weighted by molar-refractivity contribution is 0.0290. The van der Waals surface area contributed by atoms with Gasteiger partial charge in [0.15, 0.2) is 0 Å². The predicted molar refractivity (Wildman–Crippen MR) is 108 cm³/mol. The number of carbonyl (C=O) groups excluding carboxylic acids is 2. The summed E-state index contributed by atoms with van der Waals surface area (Å²) in [7, 11) is 0. The van der Waals surface area contributed by atoms with Crippen molar-refractivity contribution in [3.8, 4) is 10.4 Å². The van der Waals surface area contributed by atoms with Crippen molar-refractivity contribution in [3.05, 3.63) is 41.0 Å². The van der Waals surface area contributed by atoms with Gasteiger partial charge in [-0.3, -0.25) is 4.79 Å². The number of hydrogen-bond donors (Lipinski definition) is 2. The van der Waals surface area contributed by atoms with E-state index in [9.17, 15) is 14.0 Å². The van der Waals surface area contributed by atoms with Gasteiger partial charge in [-0.25, -0.2) is 9.18 Å². The van der Waals surface area contributed by atoms with E-state index in [-0.39, 0.29) is 23.9 Å². The Morgan fingerprint density at radius 2 is 2.07 bits per heavy atom. The second kappa shape index (κ2) is 7.79. The SMILES string of the molecule is CC(C)(C)OC(=O)N1CC[C@H](NC(=O)c2sc(-c3cccc(F)c3)cc2N)C1. The normalized spacial score (nSPS) is 16.9. The van der Waals surface area contributed by atoms with Crippen LogP contribution < -0.4 is 11.1 Å². The highest BCUT2D eigenvalue weighted by atomic mass is 32.1. The van der Waals surface area contributed by atoms with Crippen LogP contribution in [0.4, 0.5) is 14.9 Å². The fourth-order valence-corrected chi connectivity index (χ4v) is 3.97. The minimum Gasteiger partial charge on any atom is -0.444 e.